The van der Waals surface area contributed by atoms with E-state index in [0.717, 1.165) is 56.9 Å². The van der Waals surface area contributed by atoms with E-state index in [2.05, 4.69) is 13.8 Å². The molecule has 0 unspecified atom stereocenters. The van der Waals surface area contributed by atoms with Crippen LogP contribution in [0.1, 0.15) is 78.6 Å². The molecule has 210 valence electrons. The first kappa shape index (κ1) is 24.7. The standard InChI is InChI=1S/C30H42O8/c1-16-25(32)20(33-4)13-24(35-16)36-19-6-8-26(2)17(11-19)5-10-28-21(26)7-9-27(3)29(28,38-28)14-22-30(27,37-22)18-12-23(31)34-15-18/h12,16-17,19-22,24-25,32H,5-11,13-15H2,1-4H3/t16-,17-,19+,20-,21-,22-,24+,25+,26+,27+,28+,29-,30-/m1/s1. The molecule has 8 heteroatoms. The molecule has 2 spiro atoms. The Morgan fingerprint density at radius 1 is 1.11 bits per heavy atom. The predicted octanol–water partition coefficient (Wildman–Crippen LogP) is 3.43. The minimum Gasteiger partial charge on any atom is -0.458 e. The highest BCUT2D eigenvalue weighted by Crippen LogP contribution is 2.86. The smallest absolute Gasteiger partial charge is 0.331 e. The Labute approximate surface area is 224 Å². The summed E-state index contributed by atoms with van der Waals surface area (Å²) >= 11 is 0. The van der Waals surface area contributed by atoms with E-state index in [1.165, 1.54) is 0 Å². The molecule has 8 aliphatic rings. The lowest BCUT2D eigenvalue weighted by Crippen LogP contribution is -2.60. The van der Waals surface area contributed by atoms with Crippen LogP contribution >= 0.6 is 0 Å². The molecule has 0 radical (unpaired) electrons. The molecular weight excluding hydrogens is 488 g/mol. The molecule has 8 nitrogen and oxygen atoms in total. The van der Waals surface area contributed by atoms with Gasteiger partial charge in [0.1, 0.15) is 29.5 Å². The zero-order chi connectivity index (χ0) is 26.3. The number of carbonyl (C=O) groups is 1. The van der Waals surface area contributed by atoms with Gasteiger partial charge in [0.05, 0.1) is 24.4 Å². The summed E-state index contributed by atoms with van der Waals surface area (Å²) in [7, 11) is 1.65. The van der Waals surface area contributed by atoms with Gasteiger partial charge in [0.25, 0.3) is 0 Å². The Bertz CT molecular complexity index is 1090. The number of esters is 1. The molecule has 0 amide bonds. The maximum atomic E-state index is 11.9. The lowest BCUT2D eigenvalue weighted by Gasteiger charge is -2.58. The van der Waals surface area contributed by atoms with E-state index in [9.17, 15) is 9.90 Å². The van der Waals surface area contributed by atoms with Gasteiger partial charge in [0, 0.05) is 37.0 Å². The van der Waals surface area contributed by atoms with E-state index in [4.69, 9.17) is 28.4 Å². The first-order chi connectivity index (χ1) is 18.1. The number of ether oxygens (including phenoxy) is 6. The Balaban J connectivity index is 1.00. The Hall–Kier alpha value is -1.03. The van der Waals surface area contributed by atoms with E-state index < -0.39 is 6.10 Å². The highest BCUT2D eigenvalue weighted by atomic mass is 16.7. The normalized spacial score (nSPS) is 60.0. The topological polar surface area (TPSA) is 99.3 Å². The van der Waals surface area contributed by atoms with Crippen molar-refractivity contribution in [1.29, 1.82) is 0 Å². The van der Waals surface area contributed by atoms with Gasteiger partial charge in [0.2, 0.25) is 0 Å². The molecule has 4 heterocycles. The SMILES string of the molecule is CO[C@@H]1C[C@H](O[C@H]2CC[C@@]3(C)[C@H](CC[C@@]45O[C@@]46C[C@H]4O[C@@]4(C4=CC(=O)OC4)[C@@]6(C)CC[C@H]35)C2)O[C@H](C)[C@@H]1O. The second-order valence-electron chi connectivity index (χ2n) is 14.1. The number of methoxy groups -OCH3 is 1. The Morgan fingerprint density at radius 3 is 2.71 bits per heavy atom. The van der Waals surface area contributed by atoms with Crippen LogP contribution in [0.2, 0.25) is 0 Å². The van der Waals surface area contributed by atoms with Crippen LogP contribution in [0.25, 0.3) is 0 Å². The summed E-state index contributed by atoms with van der Waals surface area (Å²) in [5.74, 6) is 0.922. The van der Waals surface area contributed by atoms with Gasteiger partial charge in [-0.05, 0) is 69.1 Å². The van der Waals surface area contributed by atoms with Crippen LogP contribution in [0, 0.1) is 22.7 Å². The molecule has 1 N–H and O–H groups in total. The van der Waals surface area contributed by atoms with Crippen molar-refractivity contribution in [3.8, 4) is 0 Å². The second kappa shape index (κ2) is 7.62. The third kappa shape index (κ3) is 2.76. The summed E-state index contributed by atoms with van der Waals surface area (Å²) in [6, 6.07) is 0. The molecule has 0 aromatic carbocycles. The molecule has 4 aliphatic heterocycles. The van der Waals surface area contributed by atoms with E-state index in [-0.39, 0.29) is 64.3 Å². The van der Waals surface area contributed by atoms with Crippen molar-refractivity contribution >= 4 is 5.97 Å². The maximum Gasteiger partial charge on any atom is 0.331 e. The number of fused-ring (bicyclic) bond motifs is 4. The zero-order valence-electron chi connectivity index (χ0n) is 23.1. The van der Waals surface area contributed by atoms with Crippen molar-refractivity contribution in [3.05, 3.63) is 11.6 Å². The number of aliphatic hydroxyl groups is 1. The fourth-order valence-corrected chi connectivity index (χ4v) is 11.0. The van der Waals surface area contributed by atoms with Crippen molar-refractivity contribution in [1.82, 2.24) is 0 Å². The van der Waals surface area contributed by atoms with E-state index in [1.807, 2.05) is 6.92 Å². The number of rotatable bonds is 4. The number of epoxide rings is 2. The molecule has 0 aromatic rings. The van der Waals surface area contributed by atoms with Crippen LogP contribution < -0.4 is 0 Å². The van der Waals surface area contributed by atoms with Gasteiger partial charge in [-0.2, -0.15) is 0 Å². The van der Waals surface area contributed by atoms with Crippen LogP contribution in [0.15, 0.2) is 11.6 Å². The van der Waals surface area contributed by atoms with Crippen LogP contribution in [-0.2, 0) is 33.2 Å². The molecule has 13 atom stereocenters. The lowest BCUT2D eigenvalue weighted by atomic mass is 9.44. The molecule has 3 saturated heterocycles. The number of hydrogen-bond acceptors (Lipinski definition) is 8. The van der Waals surface area contributed by atoms with E-state index in [0.29, 0.717) is 24.9 Å². The molecule has 4 saturated carbocycles. The lowest BCUT2D eigenvalue weighted by molar-refractivity contribution is -0.271. The highest BCUT2D eigenvalue weighted by molar-refractivity contribution is 5.86. The zero-order valence-corrected chi connectivity index (χ0v) is 23.1. The predicted molar refractivity (Wildman–Crippen MR) is 134 cm³/mol. The van der Waals surface area contributed by atoms with Crippen molar-refractivity contribution < 1.29 is 38.3 Å². The Morgan fingerprint density at radius 2 is 1.95 bits per heavy atom. The third-order valence-electron chi connectivity index (χ3n) is 13.0. The average molecular weight is 531 g/mol. The number of carbonyl (C=O) groups excluding carboxylic acids is 1. The number of aliphatic hydroxyl groups excluding tert-OH is 1. The van der Waals surface area contributed by atoms with Gasteiger partial charge in [-0.3, -0.25) is 0 Å². The quantitative estimate of drug-likeness (QED) is 0.335. The van der Waals surface area contributed by atoms with Crippen LogP contribution in [0.3, 0.4) is 0 Å². The Kier molecular flexibility index (Phi) is 4.96. The summed E-state index contributed by atoms with van der Waals surface area (Å²) in [5, 5.41) is 10.3. The van der Waals surface area contributed by atoms with Crippen molar-refractivity contribution in [2.24, 2.45) is 22.7 Å². The number of hydrogen-bond donors (Lipinski definition) is 1. The fraction of sp³-hybridized carbons (Fsp3) is 0.900. The summed E-state index contributed by atoms with van der Waals surface area (Å²) in [6.07, 6.45) is 9.76. The number of cyclic esters (lactones) is 1. The maximum absolute atomic E-state index is 11.9. The monoisotopic (exact) mass is 530 g/mol. The first-order valence-corrected chi connectivity index (χ1v) is 14.9. The van der Waals surface area contributed by atoms with Crippen molar-refractivity contribution in [3.63, 3.8) is 0 Å². The minimum atomic E-state index is -0.615. The van der Waals surface area contributed by atoms with E-state index >= 15 is 0 Å². The highest BCUT2D eigenvalue weighted by Gasteiger charge is 2.95. The van der Waals surface area contributed by atoms with Gasteiger partial charge in [-0.15, -0.1) is 0 Å². The fourth-order valence-electron chi connectivity index (χ4n) is 11.0. The van der Waals surface area contributed by atoms with E-state index in [1.54, 1.807) is 13.2 Å². The third-order valence-corrected chi connectivity index (χ3v) is 13.0. The minimum absolute atomic E-state index is 0.0590. The molecule has 0 aromatic heterocycles. The van der Waals surface area contributed by atoms with Gasteiger partial charge in [0.15, 0.2) is 6.29 Å². The molecule has 4 aliphatic carbocycles. The van der Waals surface area contributed by atoms with Crippen LogP contribution in [0.4, 0.5) is 0 Å². The molecular formula is C30H42O8. The van der Waals surface area contributed by atoms with Crippen LogP contribution in [-0.4, -0.2) is 78.4 Å². The average Bonchev–Trinajstić information content (AvgIpc) is 3.69. The van der Waals surface area contributed by atoms with Gasteiger partial charge in [-0.1, -0.05) is 13.8 Å². The molecule has 8 rings (SSSR count). The molecule has 0 bridgehead atoms. The summed E-state index contributed by atoms with van der Waals surface area (Å²) in [5.41, 5.74) is 0.597. The van der Waals surface area contributed by atoms with Crippen molar-refractivity contribution in [2.75, 3.05) is 13.7 Å². The largest absolute Gasteiger partial charge is 0.458 e. The van der Waals surface area contributed by atoms with Crippen LogP contribution in [0.5, 0.6) is 0 Å². The molecule has 7 fully saturated rings. The second-order valence-corrected chi connectivity index (χ2v) is 14.1. The van der Waals surface area contributed by atoms with Gasteiger partial charge < -0.3 is 33.5 Å². The first-order valence-electron chi connectivity index (χ1n) is 14.9. The van der Waals surface area contributed by atoms with Crippen molar-refractivity contribution in [2.45, 2.75) is 132 Å². The summed E-state index contributed by atoms with van der Waals surface area (Å²) in [6.45, 7) is 7.17. The van der Waals surface area contributed by atoms with Gasteiger partial charge in [-0.25, -0.2) is 4.79 Å². The summed E-state index contributed by atoms with van der Waals surface area (Å²) < 4.78 is 36.9. The summed E-state index contributed by atoms with van der Waals surface area (Å²) in [4.78, 5) is 11.9. The molecule has 38 heavy (non-hydrogen) atoms. The van der Waals surface area contributed by atoms with Gasteiger partial charge >= 0.3 is 5.97 Å².